The molecule has 4 aliphatic rings. The summed E-state index contributed by atoms with van der Waals surface area (Å²) in [5, 5.41) is 11.0. The first-order valence-corrected chi connectivity index (χ1v) is 12.6. The molecule has 0 unspecified atom stereocenters. The van der Waals surface area contributed by atoms with E-state index in [-0.39, 0.29) is 11.5 Å². The van der Waals surface area contributed by atoms with Gasteiger partial charge in [-0.05, 0) is 57.1 Å². The van der Waals surface area contributed by atoms with Crippen molar-refractivity contribution in [2.75, 3.05) is 19.7 Å². The summed E-state index contributed by atoms with van der Waals surface area (Å²) >= 11 is 0. The number of piperidine rings is 1. The minimum atomic E-state index is -0.921. The topological polar surface area (TPSA) is 59.0 Å². The van der Waals surface area contributed by atoms with Crippen LogP contribution in [0.15, 0.2) is 49.1 Å². The molecule has 2 aliphatic heterocycles. The normalized spacial score (nSPS) is 31.0. The number of carbonyl (C=O) groups is 1. The Morgan fingerprint density at radius 1 is 1.32 bits per heavy atom. The number of hydrogen-bond donors (Lipinski definition) is 1. The fraction of sp³-hybridized carbons (Fsp3) is 0.483. The minimum absolute atomic E-state index is 0.0975. The molecule has 178 valence electrons. The zero-order chi connectivity index (χ0) is 23.5. The van der Waals surface area contributed by atoms with Gasteiger partial charge in [-0.15, -0.1) is 6.58 Å². The number of carbonyl (C=O) groups excluding carboxylic acids is 1. The smallest absolute Gasteiger partial charge is 0.177 e. The fourth-order valence-corrected chi connectivity index (χ4v) is 7.51. The van der Waals surface area contributed by atoms with E-state index in [0.717, 1.165) is 62.1 Å². The number of rotatable bonds is 7. The first-order chi connectivity index (χ1) is 16.5. The Labute approximate surface area is 201 Å². The van der Waals surface area contributed by atoms with Gasteiger partial charge < -0.3 is 14.6 Å². The van der Waals surface area contributed by atoms with Gasteiger partial charge in [-0.3, -0.25) is 9.69 Å². The van der Waals surface area contributed by atoms with E-state index in [1.165, 1.54) is 5.56 Å². The van der Waals surface area contributed by atoms with Crippen molar-refractivity contribution in [1.29, 1.82) is 0 Å². The number of hydrogen-bond acceptors (Lipinski definition) is 5. The summed E-state index contributed by atoms with van der Waals surface area (Å²) in [6.45, 7) is 8.28. The first kappa shape index (κ1) is 21.7. The van der Waals surface area contributed by atoms with Crippen molar-refractivity contribution in [3.63, 3.8) is 0 Å². The Kier molecular flexibility index (Phi) is 5.03. The van der Waals surface area contributed by atoms with Crippen molar-refractivity contribution >= 4 is 5.78 Å². The molecule has 2 aromatic rings. The second-order valence-corrected chi connectivity index (χ2v) is 10.5. The number of phenolic OH excluding ortho intramolecular Hbond substituents is 1. The van der Waals surface area contributed by atoms with Gasteiger partial charge >= 0.3 is 0 Å². The third kappa shape index (κ3) is 2.86. The van der Waals surface area contributed by atoms with Gasteiger partial charge in [-0.1, -0.05) is 36.4 Å². The van der Waals surface area contributed by atoms with Gasteiger partial charge in [0.05, 0.1) is 12.0 Å². The molecule has 5 nitrogen and oxygen atoms in total. The Morgan fingerprint density at radius 2 is 2.15 bits per heavy atom. The molecule has 2 aliphatic carbocycles. The SMILES string of the molecule is C=CCN1CC[C@]23c4c5c(OCCCc6ccccc6)cc(O)c4O[C@@]2(C)C(=O)CC[C@H]3[C@H]1C5. The first-order valence-electron chi connectivity index (χ1n) is 12.6. The van der Waals surface area contributed by atoms with Gasteiger partial charge in [0.2, 0.25) is 0 Å². The third-order valence-corrected chi connectivity index (χ3v) is 8.99. The molecule has 6 rings (SSSR count). The van der Waals surface area contributed by atoms with E-state index in [9.17, 15) is 9.90 Å². The molecule has 0 aromatic heterocycles. The highest BCUT2D eigenvalue weighted by Gasteiger charge is 2.72. The second kappa shape index (κ2) is 7.88. The maximum Gasteiger partial charge on any atom is 0.177 e. The van der Waals surface area contributed by atoms with Crippen LogP contribution in [0.3, 0.4) is 0 Å². The third-order valence-electron chi connectivity index (χ3n) is 8.99. The molecule has 2 bridgehead atoms. The molecule has 2 fully saturated rings. The van der Waals surface area contributed by atoms with Crippen molar-refractivity contribution in [2.24, 2.45) is 5.92 Å². The summed E-state index contributed by atoms with van der Waals surface area (Å²) in [5.41, 5.74) is 2.16. The monoisotopic (exact) mass is 459 g/mol. The standard InChI is InChI=1S/C29H33NO4/c1-3-14-30-15-13-29-21-11-12-25(32)28(29,2)34-27-23(31)18-24(20(26(27)29)17-22(21)30)33-16-7-10-19-8-5-4-6-9-19/h3-6,8-9,18,21-22,31H,1,7,10-17H2,2H3/t21-,22+,28-,29-/m0/s1. The molecule has 34 heavy (non-hydrogen) atoms. The van der Waals surface area contributed by atoms with Gasteiger partial charge in [0.15, 0.2) is 22.9 Å². The average molecular weight is 460 g/mol. The van der Waals surface area contributed by atoms with Crippen molar-refractivity contribution in [2.45, 2.75) is 62.5 Å². The summed E-state index contributed by atoms with van der Waals surface area (Å²) in [6, 6.07) is 12.5. The summed E-state index contributed by atoms with van der Waals surface area (Å²) < 4.78 is 12.8. The maximum atomic E-state index is 13.3. The van der Waals surface area contributed by atoms with Gasteiger partial charge in [0.25, 0.3) is 0 Å². The van der Waals surface area contributed by atoms with Crippen LogP contribution in [-0.4, -0.2) is 47.1 Å². The lowest BCUT2D eigenvalue weighted by Gasteiger charge is -2.60. The van der Waals surface area contributed by atoms with E-state index in [4.69, 9.17) is 9.47 Å². The number of phenols is 1. The molecular weight excluding hydrogens is 426 g/mol. The van der Waals surface area contributed by atoms with Gasteiger partial charge in [0, 0.05) is 36.2 Å². The van der Waals surface area contributed by atoms with E-state index in [1.54, 1.807) is 6.07 Å². The van der Waals surface area contributed by atoms with E-state index >= 15 is 0 Å². The highest BCUT2D eigenvalue weighted by Crippen LogP contribution is 2.68. The van der Waals surface area contributed by atoms with Crippen LogP contribution in [0.5, 0.6) is 17.2 Å². The molecule has 1 N–H and O–H groups in total. The van der Waals surface area contributed by atoms with E-state index in [0.29, 0.717) is 30.7 Å². The highest BCUT2D eigenvalue weighted by molar-refractivity contribution is 5.93. The number of Topliss-reactive ketones (excluding diaryl/α,β-unsaturated/α-hetero) is 1. The van der Waals surface area contributed by atoms with Crippen LogP contribution in [0.25, 0.3) is 0 Å². The molecule has 1 saturated heterocycles. The van der Waals surface area contributed by atoms with Crippen molar-refractivity contribution < 1.29 is 19.4 Å². The van der Waals surface area contributed by atoms with Gasteiger partial charge in [-0.25, -0.2) is 0 Å². The Balaban J connectivity index is 1.38. The number of likely N-dealkylation sites (tertiary alicyclic amines) is 1. The lowest BCUT2D eigenvalue weighted by molar-refractivity contribution is -0.154. The number of aryl methyl sites for hydroxylation is 1. The summed E-state index contributed by atoms with van der Waals surface area (Å²) in [4.78, 5) is 15.8. The van der Waals surface area contributed by atoms with Crippen LogP contribution >= 0.6 is 0 Å². The van der Waals surface area contributed by atoms with E-state index in [2.05, 4.69) is 35.7 Å². The minimum Gasteiger partial charge on any atom is -0.504 e. The van der Waals surface area contributed by atoms with Crippen LogP contribution in [0.1, 0.15) is 49.3 Å². The molecule has 1 saturated carbocycles. The predicted molar refractivity (Wildman–Crippen MR) is 131 cm³/mol. The lowest BCUT2D eigenvalue weighted by Crippen LogP contribution is -2.70. The fourth-order valence-electron chi connectivity index (χ4n) is 7.51. The molecule has 2 heterocycles. The Hall–Kier alpha value is -2.79. The number of ether oxygens (including phenoxy) is 2. The zero-order valence-electron chi connectivity index (χ0n) is 19.9. The number of aromatic hydroxyl groups is 1. The van der Waals surface area contributed by atoms with Crippen LogP contribution in [-0.2, 0) is 23.1 Å². The molecule has 0 radical (unpaired) electrons. The number of ketones is 1. The maximum absolute atomic E-state index is 13.3. The quantitative estimate of drug-likeness (QED) is 0.485. The van der Waals surface area contributed by atoms with Gasteiger partial charge in [-0.2, -0.15) is 0 Å². The highest BCUT2D eigenvalue weighted by atomic mass is 16.5. The molecule has 0 amide bonds. The predicted octanol–water partition coefficient (Wildman–Crippen LogP) is 4.59. The number of nitrogens with zero attached hydrogens (tertiary/aromatic N) is 1. The van der Waals surface area contributed by atoms with Crippen LogP contribution in [0, 0.1) is 5.92 Å². The Morgan fingerprint density at radius 3 is 2.94 bits per heavy atom. The van der Waals surface area contributed by atoms with Crippen molar-refractivity contribution in [3.8, 4) is 17.2 Å². The van der Waals surface area contributed by atoms with Gasteiger partial charge in [0.1, 0.15) is 5.75 Å². The number of benzene rings is 2. The summed E-state index contributed by atoms with van der Waals surface area (Å²) in [5.74, 6) is 1.85. The summed E-state index contributed by atoms with van der Waals surface area (Å²) in [7, 11) is 0. The second-order valence-electron chi connectivity index (χ2n) is 10.5. The zero-order valence-corrected chi connectivity index (χ0v) is 19.9. The summed E-state index contributed by atoms with van der Waals surface area (Å²) in [6.07, 6.45) is 6.94. The molecular formula is C29H33NO4. The van der Waals surface area contributed by atoms with E-state index < -0.39 is 11.0 Å². The molecule has 4 atom stereocenters. The molecule has 5 heteroatoms. The Bertz CT molecular complexity index is 1140. The van der Waals surface area contributed by atoms with Crippen LogP contribution < -0.4 is 9.47 Å². The van der Waals surface area contributed by atoms with Crippen molar-refractivity contribution in [3.05, 3.63) is 65.7 Å². The van der Waals surface area contributed by atoms with Crippen LogP contribution in [0.2, 0.25) is 0 Å². The molecule has 2 aromatic carbocycles. The lowest BCUT2D eigenvalue weighted by atomic mass is 9.47. The average Bonchev–Trinajstić information content (AvgIpc) is 3.12. The van der Waals surface area contributed by atoms with E-state index in [1.807, 2.05) is 19.1 Å². The van der Waals surface area contributed by atoms with Crippen molar-refractivity contribution in [1.82, 2.24) is 4.90 Å². The van der Waals surface area contributed by atoms with Crippen LogP contribution in [0.4, 0.5) is 0 Å². The largest absolute Gasteiger partial charge is 0.504 e. The molecule has 1 spiro atoms.